The van der Waals surface area contributed by atoms with E-state index >= 15 is 0 Å². The number of carbonyl (C=O) groups excluding carboxylic acids is 1. The fourth-order valence-corrected chi connectivity index (χ4v) is 3.45. The number of carbonyl (C=O) groups is 1. The van der Waals surface area contributed by atoms with Crippen LogP contribution in [0.2, 0.25) is 5.02 Å². The number of benzene rings is 2. The normalized spacial score (nSPS) is 14.2. The van der Waals surface area contributed by atoms with Gasteiger partial charge in [0.15, 0.2) is 11.5 Å². The molecule has 0 radical (unpaired) electrons. The summed E-state index contributed by atoms with van der Waals surface area (Å²) in [5.41, 5.74) is 9.28. The summed E-state index contributed by atoms with van der Waals surface area (Å²) in [7, 11) is 3.08. The number of nitrogens with two attached hydrogens (primary N) is 1. The van der Waals surface area contributed by atoms with E-state index in [1.54, 1.807) is 18.1 Å². The number of amides is 1. The summed E-state index contributed by atoms with van der Waals surface area (Å²) in [6, 6.07) is 11.0. The number of rotatable bonds is 5. The number of halogens is 1. The number of ether oxygens (including phenoxy) is 2. The van der Waals surface area contributed by atoms with Crippen molar-refractivity contribution in [3.63, 3.8) is 0 Å². The average molecular weight is 361 g/mol. The van der Waals surface area contributed by atoms with Gasteiger partial charge in [0, 0.05) is 13.1 Å². The molecule has 2 aromatic carbocycles. The molecular weight excluding hydrogens is 340 g/mol. The van der Waals surface area contributed by atoms with E-state index in [-0.39, 0.29) is 5.91 Å². The van der Waals surface area contributed by atoms with Crippen molar-refractivity contribution < 1.29 is 14.3 Å². The summed E-state index contributed by atoms with van der Waals surface area (Å²) in [4.78, 5) is 14.5. The van der Waals surface area contributed by atoms with Crippen LogP contribution in [0.3, 0.4) is 0 Å². The smallest absolute Gasteiger partial charge is 0.240 e. The van der Waals surface area contributed by atoms with Gasteiger partial charge in [-0.15, -0.1) is 0 Å². The maximum atomic E-state index is 12.7. The predicted octanol–water partition coefficient (Wildman–Crippen LogP) is 2.77. The molecule has 132 valence electrons. The minimum Gasteiger partial charge on any atom is -0.493 e. The Balaban J connectivity index is 1.73. The predicted molar refractivity (Wildman–Crippen MR) is 96.9 cm³/mol. The van der Waals surface area contributed by atoms with Gasteiger partial charge in [-0.1, -0.05) is 41.9 Å². The molecule has 6 heteroatoms. The highest BCUT2D eigenvalue weighted by atomic mass is 35.5. The topological polar surface area (TPSA) is 64.8 Å². The Morgan fingerprint density at radius 2 is 1.80 bits per heavy atom. The van der Waals surface area contributed by atoms with Gasteiger partial charge in [-0.3, -0.25) is 4.79 Å². The van der Waals surface area contributed by atoms with Gasteiger partial charge in [0.05, 0.1) is 25.3 Å². The quantitative estimate of drug-likeness (QED) is 0.890. The summed E-state index contributed by atoms with van der Waals surface area (Å²) in [6.07, 6.45) is 0.338. The molecule has 0 spiro atoms. The Hall–Kier alpha value is -2.24. The molecule has 0 fully saturated rings. The molecule has 1 aliphatic rings. The lowest BCUT2D eigenvalue weighted by molar-refractivity contribution is -0.133. The molecule has 1 amide bonds. The second kappa shape index (κ2) is 7.33. The molecular formula is C19H21ClN2O3. The fraction of sp³-hybridized carbons (Fsp3) is 0.316. The van der Waals surface area contributed by atoms with E-state index in [0.717, 1.165) is 5.56 Å². The van der Waals surface area contributed by atoms with Crippen molar-refractivity contribution in [2.75, 3.05) is 14.2 Å². The molecule has 25 heavy (non-hydrogen) atoms. The highest BCUT2D eigenvalue weighted by molar-refractivity contribution is 6.33. The average Bonchev–Trinajstić information content (AvgIpc) is 3.06. The maximum absolute atomic E-state index is 12.7. The van der Waals surface area contributed by atoms with E-state index in [1.807, 2.05) is 30.3 Å². The van der Waals surface area contributed by atoms with Crippen molar-refractivity contribution in [3.8, 4) is 11.5 Å². The monoisotopic (exact) mass is 360 g/mol. The Bertz CT molecular complexity index is 769. The van der Waals surface area contributed by atoms with E-state index in [0.29, 0.717) is 36.0 Å². The molecule has 3 rings (SSSR count). The molecule has 1 aliphatic heterocycles. The van der Waals surface area contributed by atoms with Gasteiger partial charge in [-0.2, -0.15) is 0 Å². The first-order valence-corrected chi connectivity index (χ1v) is 8.43. The van der Waals surface area contributed by atoms with Crippen LogP contribution in [0.15, 0.2) is 36.4 Å². The Morgan fingerprint density at radius 3 is 2.36 bits per heavy atom. The van der Waals surface area contributed by atoms with E-state index in [1.165, 1.54) is 18.2 Å². The number of fused-ring (bicyclic) bond motifs is 1. The molecule has 1 atom stereocenters. The van der Waals surface area contributed by atoms with Crippen molar-refractivity contribution in [2.45, 2.75) is 25.6 Å². The van der Waals surface area contributed by atoms with Crippen molar-refractivity contribution >= 4 is 17.5 Å². The highest BCUT2D eigenvalue weighted by Crippen LogP contribution is 2.37. The minimum atomic E-state index is -0.662. The first-order chi connectivity index (χ1) is 12.0. The van der Waals surface area contributed by atoms with Crippen molar-refractivity contribution in [3.05, 3.63) is 58.1 Å². The standard InChI is InChI=1S/C19H21ClN2O3/c1-24-16-8-7-12(17(20)18(16)25-2)9-15(21)19(23)22-10-13-5-3-4-6-14(13)11-22/h3-8,15H,9-11,21H2,1-2H3. The van der Waals surface area contributed by atoms with Crippen LogP contribution in [-0.2, 0) is 24.3 Å². The molecule has 0 aromatic heterocycles. The van der Waals surface area contributed by atoms with E-state index in [2.05, 4.69) is 0 Å². The molecule has 2 aromatic rings. The van der Waals surface area contributed by atoms with E-state index in [4.69, 9.17) is 26.8 Å². The van der Waals surface area contributed by atoms with Crippen LogP contribution in [0.5, 0.6) is 11.5 Å². The number of hydrogen-bond acceptors (Lipinski definition) is 4. The van der Waals surface area contributed by atoms with Crippen LogP contribution >= 0.6 is 11.6 Å². The van der Waals surface area contributed by atoms with Crippen LogP contribution in [-0.4, -0.2) is 31.1 Å². The third-order valence-corrected chi connectivity index (χ3v) is 4.89. The molecule has 0 aliphatic carbocycles. The summed E-state index contributed by atoms with van der Waals surface area (Å²) >= 11 is 6.39. The SMILES string of the molecule is COc1ccc(CC(N)C(=O)N2Cc3ccccc3C2)c(Cl)c1OC. The van der Waals surface area contributed by atoms with Crippen LogP contribution < -0.4 is 15.2 Å². The number of methoxy groups -OCH3 is 2. The van der Waals surface area contributed by atoms with Crippen LogP contribution in [0.4, 0.5) is 0 Å². The molecule has 5 nitrogen and oxygen atoms in total. The lowest BCUT2D eigenvalue weighted by Crippen LogP contribution is -2.42. The van der Waals surface area contributed by atoms with Crippen molar-refractivity contribution in [1.82, 2.24) is 4.90 Å². The third-order valence-electron chi connectivity index (χ3n) is 4.47. The number of nitrogens with zero attached hydrogens (tertiary/aromatic N) is 1. The van der Waals surface area contributed by atoms with Gasteiger partial charge >= 0.3 is 0 Å². The lowest BCUT2D eigenvalue weighted by Gasteiger charge is -2.21. The zero-order valence-corrected chi connectivity index (χ0v) is 15.0. The van der Waals surface area contributed by atoms with Gasteiger partial charge < -0.3 is 20.1 Å². The highest BCUT2D eigenvalue weighted by Gasteiger charge is 2.28. The largest absolute Gasteiger partial charge is 0.493 e. The number of hydrogen-bond donors (Lipinski definition) is 1. The molecule has 0 saturated heterocycles. The Morgan fingerprint density at radius 1 is 1.16 bits per heavy atom. The molecule has 2 N–H and O–H groups in total. The van der Waals surface area contributed by atoms with Gasteiger partial charge in [-0.05, 0) is 29.2 Å². The molecule has 0 bridgehead atoms. The Labute approximate surface area is 152 Å². The van der Waals surface area contributed by atoms with Gasteiger partial charge in [0.1, 0.15) is 0 Å². The fourth-order valence-electron chi connectivity index (χ4n) is 3.14. The van der Waals surface area contributed by atoms with Gasteiger partial charge in [0.2, 0.25) is 5.91 Å². The van der Waals surface area contributed by atoms with E-state index < -0.39 is 6.04 Å². The van der Waals surface area contributed by atoms with Crippen LogP contribution in [0, 0.1) is 0 Å². The second-order valence-corrected chi connectivity index (χ2v) is 6.43. The zero-order chi connectivity index (χ0) is 18.0. The third kappa shape index (κ3) is 3.43. The van der Waals surface area contributed by atoms with E-state index in [9.17, 15) is 4.79 Å². The van der Waals surface area contributed by atoms with Gasteiger partial charge in [0.25, 0.3) is 0 Å². The zero-order valence-electron chi connectivity index (χ0n) is 14.3. The second-order valence-electron chi connectivity index (χ2n) is 6.05. The van der Waals surface area contributed by atoms with Crippen LogP contribution in [0.1, 0.15) is 16.7 Å². The summed E-state index contributed by atoms with van der Waals surface area (Å²) < 4.78 is 10.5. The van der Waals surface area contributed by atoms with Gasteiger partial charge in [-0.25, -0.2) is 0 Å². The first-order valence-electron chi connectivity index (χ1n) is 8.05. The van der Waals surface area contributed by atoms with Crippen molar-refractivity contribution in [2.24, 2.45) is 5.73 Å². The summed E-state index contributed by atoms with van der Waals surface area (Å²) in [5, 5.41) is 0.426. The Kier molecular flexibility index (Phi) is 5.16. The van der Waals surface area contributed by atoms with Crippen molar-refractivity contribution in [1.29, 1.82) is 0 Å². The maximum Gasteiger partial charge on any atom is 0.240 e. The molecule has 1 heterocycles. The lowest BCUT2D eigenvalue weighted by atomic mass is 10.0. The molecule has 1 unspecified atom stereocenters. The summed E-state index contributed by atoms with van der Waals surface area (Å²) in [6.45, 7) is 1.20. The molecule has 0 saturated carbocycles. The first kappa shape index (κ1) is 17.6. The minimum absolute atomic E-state index is 0.0814. The van der Waals surface area contributed by atoms with Crippen LogP contribution in [0.25, 0.3) is 0 Å². The summed E-state index contributed by atoms with van der Waals surface area (Å²) in [5.74, 6) is 0.920.